The minimum Gasteiger partial charge on any atom is -0.309 e. The zero-order valence-corrected chi connectivity index (χ0v) is 11.6. The van der Waals surface area contributed by atoms with Gasteiger partial charge >= 0.3 is 0 Å². The van der Waals surface area contributed by atoms with E-state index in [2.05, 4.69) is 37.7 Å². The number of halogens is 1. The summed E-state index contributed by atoms with van der Waals surface area (Å²) in [6, 6.07) is 0.714. The molecule has 15 heavy (non-hydrogen) atoms. The van der Waals surface area contributed by atoms with Crippen molar-refractivity contribution in [3.05, 3.63) is 0 Å². The lowest BCUT2D eigenvalue weighted by molar-refractivity contribution is 0.187. The maximum absolute atomic E-state index is 5.84. The molecule has 0 rings (SSSR count). The van der Waals surface area contributed by atoms with Crippen molar-refractivity contribution < 1.29 is 0 Å². The molecule has 0 aromatic carbocycles. The zero-order valence-electron chi connectivity index (χ0n) is 10.8. The molecule has 0 heterocycles. The van der Waals surface area contributed by atoms with Crippen LogP contribution in [0.3, 0.4) is 0 Å². The van der Waals surface area contributed by atoms with Crippen molar-refractivity contribution >= 4 is 11.6 Å². The summed E-state index contributed by atoms with van der Waals surface area (Å²) in [5, 5.41) is 0. The van der Waals surface area contributed by atoms with Crippen molar-refractivity contribution in [1.82, 2.24) is 9.80 Å². The molecule has 0 radical (unpaired) electrons. The van der Waals surface area contributed by atoms with E-state index >= 15 is 0 Å². The summed E-state index contributed by atoms with van der Waals surface area (Å²) in [6.07, 6.45) is 3.70. The molecule has 0 saturated carbocycles. The molecular weight excluding hydrogens is 208 g/mol. The molecule has 0 aromatic heterocycles. The van der Waals surface area contributed by atoms with Gasteiger partial charge in [-0.15, -0.1) is 11.6 Å². The molecule has 92 valence electrons. The van der Waals surface area contributed by atoms with Crippen LogP contribution in [0, 0.1) is 0 Å². The van der Waals surface area contributed by atoms with Gasteiger partial charge in [-0.25, -0.2) is 0 Å². The highest BCUT2D eigenvalue weighted by molar-refractivity contribution is 6.18. The summed E-state index contributed by atoms with van der Waals surface area (Å²) in [5.41, 5.74) is 0. The third kappa shape index (κ3) is 7.15. The Morgan fingerprint density at radius 1 is 1.00 bits per heavy atom. The predicted octanol–water partition coefficient (Wildman–Crippen LogP) is 2.67. The molecule has 0 saturated heterocycles. The largest absolute Gasteiger partial charge is 0.309 e. The van der Waals surface area contributed by atoms with Gasteiger partial charge in [0.15, 0.2) is 0 Å². The van der Waals surface area contributed by atoms with Gasteiger partial charge in [0, 0.05) is 18.5 Å². The minimum absolute atomic E-state index is 0.714. The van der Waals surface area contributed by atoms with Gasteiger partial charge in [0.25, 0.3) is 0 Å². The van der Waals surface area contributed by atoms with Crippen molar-refractivity contribution in [1.29, 1.82) is 0 Å². The summed E-state index contributed by atoms with van der Waals surface area (Å²) in [7, 11) is 4.26. The van der Waals surface area contributed by atoms with Crippen LogP contribution in [0.2, 0.25) is 0 Å². The Kier molecular flexibility index (Phi) is 9.57. The van der Waals surface area contributed by atoms with E-state index in [4.69, 9.17) is 11.6 Å². The van der Waals surface area contributed by atoms with E-state index in [-0.39, 0.29) is 0 Å². The smallest absolute Gasteiger partial charge is 0.0351 e. The summed E-state index contributed by atoms with van der Waals surface area (Å²) in [6.45, 7) is 7.90. The van der Waals surface area contributed by atoms with E-state index in [0.29, 0.717) is 6.04 Å². The SMILES string of the molecule is CCC(CC)N(CCCl)CCCN(C)C. The van der Waals surface area contributed by atoms with Crippen LogP contribution in [0.5, 0.6) is 0 Å². The fourth-order valence-corrected chi connectivity index (χ4v) is 2.20. The highest BCUT2D eigenvalue weighted by Gasteiger charge is 2.13. The zero-order chi connectivity index (χ0) is 11.7. The Morgan fingerprint density at radius 3 is 2.00 bits per heavy atom. The van der Waals surface area contributed by atoms with Crippen LogP contribution in [-0.2, 0) is 0 Å². The molecule has 0 N–H and O–H groups in total. The number of hydrogen-bond donors (Lipinski definition) is 0. The van der Waals surface area contributed by atoms with E-state index in [1.807, 2.05) is 0 Å². The Morgan fingerprint density at radius 2 is 1.60 bits per heavy atom. The Balaban J connectivity index is 3.91. The first-order valence-electron chi connectivity index (χ1n) is 6.10. The number of hydrogen-bond acceptors (Lipinski definition) is 2. The maximum Gasteiger partial charge on any atom is 0.0351 e. The molecular formula is C12H27ClN2. The fraction of sp³-hybridized carbons (Fsp3) is 1.00. The second-order valence-corrected chi connectivity index (χ2v) is 4.73. The minimum atomic E-state index is 0.714. The molecule has 3 heteroatoms. The van der Waals surface area contributed by atoms with Crippen LogP contribution >= 0.6 is 11.6 Å². The first kappa shape index (κ1) is 15.2. The van der Waals surface area contributed by atoms with Crippen LogP contribution in [-0.4, -0.2) is 55.5 Å². The molecule has 0 amide bonds. The number of alkyl halides is 1. The van der Waals surface area contributed by atoms with Crippen LogP contribution in [0.4, 0.5) is 0 Å². The summed E-state index contributed by atoms with van der Waals surface area (Å²) in [4.78, 5) is 4.78. The van der Waals surface area contributed by atoms with Gasteiger partial charge in [0.1, 0.15) is 0 Å². The van der Waals surface area contributed by atoms with Crippen LogP contribution < -0.4 is 0 Å². The molecule has 0 aliphatic carbocycles. The molecule has 0 atom stereocenters. The van der Waals surface area contributed by atoms with Crippen molar-refractivity contribution in [3.8, 4) is 0 Å². The molecule has 0 unspecified atom stereocenters. The van der Waals surface area contributed by atoms with Gasteiger partial charge in [-0.3, -0.25) is 4.90 Å². The highest BCUT2D eigenvalue weighted by atomic mass is 35.5. The quantitative estimate of drug-likeness (QED) is 0.566. The van der Waals surface area contributed by atoms with E-state index in [1.165, 1.54) is 32.4 Å². The molecule has 0 aliphatic heterocycles. The molecule has 2 nitrogen and oxygen atoms in total. The van der Waals surface area contributed by atoms with E-state index < -0.39 is 0 Å². The van der Waals surface area contributed by atoms with Gasteiger partial charge in [-0.05, 0) is 46.4 Å². The first-order chi connectivity index (χ1) is 7.15. The van der Waals surface area contributed by atoms with Gasteiger partial charge < -0.3 is 4.90 Å². The molecule has 0 aliphatic rings. The third-order valence-corrected chi connectivity index (χ3v) is 3.05. The average Bonchev–Trinajstić information content (AvgIpc) is 2.19. The van der Waals surface area contributed by atoms with Crippen molar-refractivity contribution in [2.24, 2.45) is 0 Å². The summed E-state index contributed by atoms with van der Waals surface area (Å²) < 4.78 is 0. The molecule has 0 spiro atoms. The van der Waals surface area contributed by atoms with E-state index in [9.17, 15) is 0 Å². The highest BCUT2D eigenvalue weighted by Crippen LogP contribution is 2.09. The lowest BCUT2D eigenvalue weighted by Crippen LogP contribution is -2.37. The van der Waals surface area contributed by atoms with Gasteiger partial charge in [-0.1, -0.05) is 13.8 Å². The number of nitrogens with zero attached hydrogens (tertiary/aromatic N) is 2. The molecule has 0 bridgehead atoms. The number of rotatable bonds is 9. The predicted molar refractivity (Wildman–Crippen MR) is 69.8 cm³/mol. The van der Waals surface area contributed by atoms with Crippen molar-refractivity contribution in [2.45, 2.75) is 39.2 Å². The Bertz CT molecular complexity index is 136. The first-order valence-corrected chi connectivity index (χ1v) is 6.63. The topological polar surface area (TPSA) is 6.48 Å². The third-order valence-electron chi connectivity index (χ3n) is 2.88. The monoisotopic (exact) mass is 234 g/mol. The van der Waals surface area contributed by atoms with Gasteiger partial charge in [0.2, 0.25) is 0 Å². The van der Waals surface area contributed by atoms with Crippen molar-refractivity contribution in [3.63, 3.8) is 0 Å². The van der Waals surface area contributed by atoms with E-state index in [1.54, 1.807) is 0 Å². The van der Waals surface area contributed by atoms with Crippen LogP contribution in [0.25, 0.3) is 0 Å². The van der Waals surface area contributed by atoms with Crippen LogP contribution in [0.1, 0.15) is 33.1 Å². The lowest BCUT2D eigenvalue weighted by atomic mass is 10.1. The van der Waals surface area contributed by atoms with Gasteiger partial charge in [-0.2, -0.15) is 0 Å². The summed E-state index contributed by atoms with van der Waals surface area (Å²) >= 11 is 5.84. The molecule has 0 fully saturated rings. The maximum atomic E-state index is 5.84. The van der Waals surface area contributed by atoms with Crippen molar-refractivity contribution in [2.75, 3.05) is 39.6 Å². The van der Waals surface area contributed by atoms with Crippen LogP contribution in [0.15, 0.2) is 0 Å². The average molecular weight is 235 g/mol. The van der Waals surface area contributed by atoms with Gasteiger partial charge in [0.05, 0.1) is 0 Å². The second-order valence-electron chi connectivity index (χ2n) is 4.35. The lowest BCUT2D eigenvalue weighted by Gasteiger charge is -2.30. The fourth-order valence-electron chi connectivity index (χ4n) is 1.98. The Labute approximate surface area is 101 Å². The normalized spacial score (nSPS) is 12.0. The summed E-state index contributed by atoms with van der Waals surface area (Å²) in [5.74, 6) is 0.748. The molecule has 0 aromatic rings. The standard InChI is InChI=1S/C12H27ClN2/c1-5-12(6-2)15(11-8-13)10-7-9-14(3)4/h12H,5-11H2,1-4H3. The van der Waals surface area contributed by atoms with E-state index in [0.717, 1.165) is 12.4 Å². The second kappa shape index (κ2) is 9.44. The Hall–Kier alpha value is 0.210.